The van der Waals surface area contributed by atoms with Crippen LogP contribution in [0.3, 0.4) is 0 Å². The molecule has 80 valence electrons. The van der Waals surface area contributed by atoms with Gasteiger partial charge in [-0.05, 0) is 12.0 Å². The van der Waals surface area contributed by atoms with Crippen LogP contribution in [0.25, 0.3) is 0 Å². The van der Waals surface area contributed by atoms with Crippen molar-refractivity contribution >= 4 is 5.91 Å². The van der Waals surface area contributed by atoms with E-state index in [0.29, 0.717) is 6.54 Å². The smallest absolute Gasteiger partial charge is 0.251 e. The Hall–Kier alpha value is -1.35. The Labute approximate surface area is 89.3 Å². The van der Waals surface area contributed by atoms with Crippen LogP contribution < -0.4 is 0 Å². The van der Waals surface area contributed by atoms with Crippen molar-refractivity contribution in [2.45, 2.75) is 12.5 Å². The zero-order chi connectivity index (χ0) is 10.8. The molecule has 2 unspecified atom stereocenters. The molecule has 2 rings (SSSR count). The lowest BCUT2D eigenvalue weighted by Gasteiger charge is -2.11. The van der Waals surface area contributed by atoms with Crippen LogP contribution in [0.4, 0.5) is 0 Å². The summed E-state index contributed by atoms with van der Waals surface area (Å²) < 4.78 is 0. The SMILES string of the molecule is CN1CC(Cc2ccccc2)C(O)C1=O. The zero-order valence-electron chi connectivity index (χ0n) is 8.76. The second-order valence-electron chi connectivity index (χ2n) is 4.11. The van der Waals surface area contributed by atoms with Crippen LogP contribution >= 0.6 is 0 Å². The summed E-state index contributed by atoms with van der Waals surface area (Å²) in [6.45, 7) is 0.648. The van der Waals surface area contributed by atoms with Crippen molar-refractivity contribution in [3.8, 4) is 0 Å². The van der Waals surface area contributed by atoms with Crippen LogP contribution in [0.15, 0.2) is 30.3 Å². The molecule has 1 N–H and O–H groups in total. The van der Waals surface area contributed by atoms with Gasteiger partial charge in [0.05, 0.1) is 0 Å². The number of hydrogen-bond acceptors (Lipinski definition) is 2. The zero-order valence-corrected chi connectivity index (χ0v) is 8.76. The Morgan fingerprint density at radius 3 is 2.60 bits per heavy atom. The van der Waals surface area contributed by atoms with Gasteiger partial charge in [-0.1, -0.05) is 30.3 Å². The van der Waals surface area contributed by atoms with E-state index in [9.17, 15) is 9.90 Å². The highest BCUT2D eigenvalue weighted by atomic mass is 16.3. The first-order chi connectivity index (χ1) is 7.18. The third-order valence-electron chi connectivity index (χ3n) is 2.92. The van der Waals surface area contributed by atoms with Crippen LogP contribution in [0.5, 0.6) is 0 Å². The van der Waals surface area contributed by atoms with E-state index in [2.05, 4.69) is 0 Å². The van der Waals surface area contributed by atoms with Gasteiger partial charge >= 0.3 is 0 Å². The first kappa shape index (κ1) is 10.2. The van der Waals surface area contributed by atoms with E-state index >= 15 is 0 Å². The number of hydrogen-bond donors (Lipinski definition) is 1. The highest BCUT2D eigenvalue weighted by Crippen LogP contribution is 2.21. The van der Waals surface area contributed by atoms with Crippen LogP contribution in [0.2, 0.25) is 0 Å². The first-order valence-electron chi connectivity index (χ1n) is 5.15. The first-order valence-corrected chi connectivity index (χ1v) is 5.15. The molecular formula is C12H15NO2. The van der Waals surface area contributed by atoms with E-state index in [1.165, 1.54) is 5.56 Å². The molecule has 1 aliphatic heterocycles. The van der Waals surface area contributed by atoms with Crippen molar-refractivity contribution < 1.29 is 9.90 Å². The van der Waals surface area contributed by atoms with Gasteiger partial charge in [-0.3, -0.25) is 4.79 Å². The molecule has 0 radical (unpaired) electrons. The molecule has 1 heterocycles. The molecule has 1 amide bonds. The molecule has 0 spiro atoms. The molecule has 3 nitrogen and oxygen atoms in total. The molecule has 1 saturated heterocycles. The van der Waals surface area contributed by atoms with Gasteiger partial charge in [0.15, 0.2) is 0 Å². The van der Waals surface area contributed by atoms with Crippen molar-refractivity contribution in [2.24, 2.45) is 5.92 Å². The molecule has 1 aromatic rings. The maximum Gasteiger partial charge on any atom is 0.251 e. The topological polar surface area (TPSA) is 40.5 Å². The molecule has 0 saturated carbocycles. The fourth-order valence-corrected chi connectivity index (χ4v) is 2.06. The van der Waals surface area contributed by atoms with Crippen molar-refractivity contribution in [1.29, 1.82) is 0 Å². The van der Waals surface area contributed by atoms with Gasteiger partial charge in [0.25, 0.3) is 5.91 Å². The highest BCUT2D eigenvalue weighted by Gasteiger charge is 2.36. The quantitative estimate of drug-likeness (QED) is 0.771. The maximum atomic E-state index is 11.4. The van der Waals surface area contributed by atoms with E-state index in [1.54, 1.807) is 11.9 Å². The molecule has 0 aromatic heterocycles. The minimum absolute atomic E-state index is 0.0323. The highest BCUT2D eigenvalue weighted by molar-refractivity contribution is 5.83. The fourth-order valence-electron chi connectivity index (χ4n) is 2.06. The monoisotopic (exact) mass is 205 g/mol. The standard InChI is InChI=1S/C12H15NO2/c1-13-8-10(11(14)12(13)15)7-9-5-3-2-4-6-9/h2-6,10-11,14H,7-8H2,1H3. The van der Waals surface area contributed by atoms with E-state index in [4.69, 9.17) is 0 Å². The Kier molecular flexibility index (Phi) is 2.73. The summed E-state index contributed by atoms with van der Waals surface area (Å²) in [6, 6.07) is 9.96. The number of likely N-dealkylation sites (tertiary alicyclic amines) is 1. The number of carbonyl (C=O) groups is 1. The molecule has 0 bridgehead atoms. The van der Waals surface area contributed by atoms with Crippen molar-refractivity contribution in [1.82, 2.24) is 4.90 Å². The lowest BCUT2D eigenvalue weighted by Crippen LogP contribution is -2.26. The predicted molar refractivity (Wildman–Crippen MR) is 57.3 cm³/mol. The molecule has 1 fully saturated rings. The third kappa shape index (κ3) is 2.02. The van der Waals surface area contributed by atoms with E-state index in [0.717, 1.165) is 6.42 Å². The summed E-state index contributed by atoms with van der Waals surface area (Å²) in [5, 5.41) is 9.70. The van der Waals surface area contributed by atoms with E-state index in [-0.39, 0.29) is 11.8 Å². The summed E-state index contributed by atoms with van der Waals surface area (Å²) in [5.74, 6) is -0.124. The van der Waals surface area contributed by atoms with Gasteiger partial charge in [-0.25, -0.2) is 0 Å². The number of nitrogens with zero attached hydrogens (tertiary/aromatic N) is 1. The Morgan fingerprint density at radius 1 is 1.40 bits per heavy atom. The average Bonchev–Trinajstić information content (AvgIpc) is 2.48. The predicted octanol–water partition coefficient (Wildman–Crippen LogP) is 0.678. The van der Waals surface area contributed by atoms with Gasteiger partial charge in [-0.2, -0.15) is 0 Å². The number of carbonyl (C=O) groups excluding carboxylic acids is 1. The van der Waals surface area contributed by atoms with E-state index in [1.807, 2.05) is 30.3 Å². The summed E-state index contributed by atoms with van der Waals surface area (Å²) in [4.78, 5) is 13.0. The lowest BCUT2D eigenvalue weighted by atomic mass is 9.96. The maximum absolute atomic E-state index is 11.4. The normalized spacial score (nSPS) is 26.0. The molecule has 1 aliphatic rings. The van der Waals surface area contributed by atoms with Gasteiger partial charge in [0, 0.05) is 19.5 Å². The number of aliphatic hydroxyl groups is 1. The largest absolute Gasteiger partial charge is 0.383 e. The lowest BCUT2D eigenvalue weighted by molar-refractivity contribution is -0.133. The van der Waals surface area contributed by atoms with Crippen LogP contribution in [0.1, 0.15) is 5.56 Å². The molecule has 2 atom stereocenters. The van der Waals surface area contributed by atoms with Crippen molar-refractivity contribution in [3.63, 3.8) is 0 Å². The average molecular weight is 205 g/mol. The molecule has 0 aliphatic carbocycles. The van der Waals surface area contributed by atoms with Crippen LogP contribution in [-0.2, 0) is 11.2 Å². The minimum Gasteiger partial charge on any atom is -0.383 e. The molecular weight excluding hydrogens is 190 g/mol. The second kappa shape index (κ2) is 4.03. The Bertz CT molecular complexity index is 350. The fraction of sp³-hybridized carbons (Fsp3) is 0.417. The summed E-state index contributed by atoms with van der Waals surface area (Å²) in [6.07, 6.45) is -0.0619. The summed E-state index contributed by atoms with van der Waals surface area (Å²) in [7, 11) is 1.73. The van der Waals surface area contributed by atoms with Crippen molar-refractivity contribution in [3.05, 3.63) is 35.9 Å². The minimum atomic E-state index is -0.824. The van der Waals surface area contributed by atoms with Gasteiger partial charge in [0.1, 0.15) is 6.10 Å². The third-order valence-corrected chi connectivity index (χ3v) is 2.92. The summed E-state index contributed by atoms with van der Waals surface area (Å²) in [5.41, 5.74) is 1.17. The number of likely N-dealkylation sites (N-methyl/N-ethyl adjacent to an activating group) is 1. The van der Waals surface area contributed by atoms with Crippen molar-refractivity contribution in [2.75, 3.05) is 13.6 Å². The Balaban J connectivity index is 2.05. The number of amides is 1. The van der Waals surface area contributed by atoms with Gasteiger partial charge < -0.3 is 10.0 Å². The number of aliphatic hydroxyl groups excluding tert-OH is 1. The van der Waals surface area contributed by atoms with Crippen LogP contribution in [0, 0.1) is 5.92 Å². The molecule has 1 aromatic carbocycles. The van der Waals surface area contributed by atoms with Gasteiger partial charge in [0.2, 0.25) is 0 Å². The molecule has 15 heavy (non-hydrogen) atoms. The second-order valence-corrected chi connectivity index (χ2v) is 4.11. The van der Waals surface area contributed by atoms with Crippen LogP contribution in [-0.4, -0.2) is 35.6 Å². The molecule has 3 heteroatoms. The van der Waals surface area contributed by atoms with Gasteiger partial charge in [-0.15, -0.1) is 0 Å². The van der Waals surface area contributed by atoms with E-state index < -0.39 is 6.10 Å². The number of benzene rings is 1. The number of rotatable bonds is 2. The summed E-state index contributed by atoms with van der Waals surface area (Å²) >= 11 is 0. The Morgan fingerprint density at radius 2 is 2.07 bits per heavy atom.